The normalized spacial score (nSPS) is 30.3. The van der Waals surface area contributed by atoms with E-state index in [9.17, 15) is 18.4 Å². The van der Waals surface area contributed by atoms with E-state index in [4.69, 9.17) is 4.74 Å². The molecule has 7 heteroatoms. The van der Waals surface area contributed by atoms with Gasteiger partial charge < -0.3 is 15.0 Å². The van der Waals surface area contributed by atoms with Gasteiger partial charge in [-0.2, -0.15) is 0 Å². The zero-order valence-corrected chi connectivity index (χ0v) is 10.8. The van der Waals surface area contributed by atoms with Crippen molar-refractivity contribution in [1.29, 1.82) is 0 Å². The lowest BCUT2D eigenvalue weighted by Gasteiger charge is -2.38. The van der Waals surface area contributed by atoms with Crippen LogP contribution in [0.3, 0.4) is 0 Å². The lowest BCUT2D eigenvalue weighted by atomic mass is 10.0. The third kappa shape index (κ3) is 3.02. The maximum absolute atomic E-state index is 13.8. The fourth-order valence-corrected chi connectivity index (χ4v) is 2.53. The van der Waals surface area contributed by atoms with Crippen molar-refractivity contribution in [2.45, 2.75) is 44.3 Å². The number of rotatable bonds is 3. The van der Waals surface area contributed by atoms with Crippen molar-refractivity contribution in [2.75, 3.05) is 19.7 Å². The van der Waals surface area contributed by atoms with Gasteiger partial charge in [0, 0.05) is 19.6 Å². The highest BCUT2D eigenvalue weighted by Crippen LogP contribution is 2.30. The molecule has 2 saturated heterocycles. The zero-order chi connectivity index (χ0) is 14.0. The molecule has 19 heavy (non-hydrogen) atoms. The van der Waals surface area contributed by atoms with E-state index in [-0.39, 0.29) is 31.9 Å². The number of alkyl halides is 2. The van der Waals surface area contributed by atoms with E-state index in [1.807, 2.05) is 0 Å². The first-order chi connectivity index (χ1) is 8.94. The van der Waals surface area contributed by atoms with Crippen LogP contribution in [-0.2, 0) is 14.3 Å². The quantitative estimate of drug-likeness (QED) is 0.818. The second-order valence-corrected chi connectivity index (χ2v) is 4.91. The summed E-state index contributed by atoms with van der Waals surface area (Å²) in [5.74, 6) is -3.65. The van der Waals surface area contributed by atoms with Gasteiger partial charge in [-0.05, 0) is 19.8 Å². The molecule has 0 aliphatic carbocycles. The van der Waals surface area contributed by atoms with Crippen LogP contribution in [0.5, 0.6) is 0 Å². The summed E-state index contributed by atoms with van der Waals surface area (Å²) >= 11 is 0. The standard InChI is InChI=1S/C12H18F2N2O3/c1-2-19-9-5-6-16(7-12(9,13)14)11(18)8-3-4-10(17)15-8/h8-9H,2-7H2,1H3,(H,15,17)/t8?,9-/m0/s1. The number of carbonyl (C=O) groups is 2. The van der Waals surface area contributed by atoms with Crippen molar-refractivity contribution in [1.82, 2.24) is 10.2 Å². The van der Waals surface area contributed by atoms with Gasteiger partial charge in [-0.3, -0.25) is 9.59 Å². The summed E-state index contributed by atoms with van der Waals surface area (Å²) in [7, 11) is 0. The van der Waals surface area contributed by atoms with Gasteiger partial charge in [0.15, 0.2) is 0 Å². The van der Waals surface area contributed by atoms with Crippen LogP contribution < -0.4 is 5.32 Å². The fraction of sp³-hybridized carbons (Fsp3) is 0.833. The first-order valence-electron chi connectivity index (χ1n) is 6.51. The van der Waals surface area contributed by atoms with E-state index < -0.39 is 30.5 Å². The molecule has 0 spiro atoms. The Kier molecular flexibility index (Phi) is 4.03. The molecule has 0 aromatic rings. The first kappa shape index (κ1) is 14.2. The molecule has 2 rings (SSSR count). The first-order valence-corrected chi connectivity index (χ1v) is 6.51. The molecule has 0 saturated carbocycles. The molecule has 0 aromatic heterocycles. The second kappa shape index (κ2) is 5.40. The smallest absolute Gasteiger partial charge is 0.290 e. The Bertz CT molecular complexity index is 376. The molecule has 0 radical (unpaired) electrons. The number of hydrogen-bond acceptors (Lipinski definition) is 3. The van der Waals surface area contributed by atoms with Crippen molar-refractivity contribution in [3.63, 3.8) is 0 Å². The van der Waals surface area contributed by atoms with Crippen LogP contribution in [-0.4, -0.2) is 54.5 Å². The second-order valence-electron chi connectivity index (χ2n) is 4.91. The van der Waals surface area contributed by atoms with E-state index in [0.29, 0.717) is 6.42 Å². The molecule has 0 bridgehead atoms. The maximum Gasteiger partial charge on any atom is 0.290 e. The van der Waals surface area contributed by atoms with Crippen molar-refractivity contribution in [3.8, 4) is 0 Å². The average molecular weight is 276 g/mol. The molecule has 2 amide bonds. The Morgan fingerprint density at radius 1 is 1.53 bits per heavy atom. The summed E-state index contributed by atoms with van der Waals surface area (Å²) in [5, 5.41) is 2.51. The Hall–Kier alpha value is -1.24. The van der Waals surface area contributed by atoms with Gasteiger partial charge in [0.1, 0.15) is 12.1 Å². The van der Waals surface area contributed by atoms with E-state index in [2.05, 4.69) is 5.32 Å². The van der Waals surface area contributed by atoms with Crippen molar-refractivity contribution < 1.29 is 23.1 Å². The van der Waals surface area contributed by atoms with Gasteiger partial charge in [0.25, 0.3) is 5.92 Å². The van der Waals surface area contributed by atoms with Gasteiger partial charge in [0.05, 0.1) is 6.54 Å². The van der Waals surface area contributed by atoms with Crippen LogP contribution in [0.2, 0.25) is 0 Å². The third-order valence-corrected chi connectivity index (χ3v) is 3.51. The highest BCUT2D eigenvalue weighted by atomic mass is 19.3. The molecule has 2 aliphatic rings. The van der Waals surface area contributed by atoms with Gasteiger partial charge >= 0.3 is 0 Å². The summed E-state index contributed by atoms with van der Waals surface area (Å²) in [6, 6.07) is -0.646. The predicted octanol–water partition coefficient (Wildman–Crippen LogP) is 0.538. The highest BCUT2D eigenvalue weighted by Gasteiger charge is 2.47. The number of ether oxygens (including phenoxy) is 1. The van der Waals surface area contributed by atoms with Gasteiger partial charge in [-0.25, -0.2) is 8.78 Å². The molecular formula is C12H18F2N2O3. The fourth-order valence-electron chi connectivity index (χ4n) is 2.53. The molecule has 1 unspecified atom stereocenters. The number of nitrogens with zero attached hydrogens (tertiary/aromatic N) is 1. The predicted molar refractivity (Wildman–Crippen MR) is 62.7 cm³/mol. The summed E-state index contributed by atoms with van der Waals surface area (Å²) in [6.45, 7) is 1.50. The van der Waals surface area contributed by atoms with E-state index in [1.54, 1.807) is 6.92 Å². The molecular weight excluding hydrogens is 258 g/mol. The van der Waals surface area contributed by atoms with Crippen LogP contribution in [0.4, 0.5) is 8.78 Å². The summed E-state index contributed by atoms with van der Waals surface area (Å²) < 4.78 is 32.7. The maximum atomic E-state index is 13.8. The number of hydrogen-bond donors (Lipinski definition) is 1. The number of carbonyl (C=O) groups excluding carboxylic acids is 2. The topological polar surface area (TPSA) is 58.6 Å². The summed E-state index contributed by atoms with van der Waals surface area (Å²) in [4.78, 5) is 24.2. The minimum Gasteiger partial charge on any atom is -0.372 e. The Morgan fingerprint density at radius 3 is 2.79 bits per heavy atom. The molecule has 2 atom stereocenters. The molecule has 2 fully saturated rings. The SMILES string of the molecule is CCO[C@H]1CCN(C(=O)C2CCC(=O)N2)CC1(F)F. The van der Waals surface area contributed by atoms with Crippen LogP contribution in [0.15, 0.2) is 0 Å². The largest absolute Gasteiger partial charge is 0.372 e. The number of amides is 2. The molecule has 2 heterocycles. The van der Waals surface area contributed by atoms with Crippen LogP contribution in [0, 0.1) is 0 Å². The Morgan fingerprint density at radius 2 is 2.26 bits per heavy atom. The van der Waals surface area contributed by atoms with E-state index in [1.165, 1.54) is 0 Å². The average Bonchev–Trinajstić information content (AvgIpc) is 2.77. The molecule has 0 aromatic carbocycles. The minimum absolute atomic E-state index is 0.118. The number of piperidine rings is 1. The lowest BCUT2D eigenvalue weighted by molar-refractivity contribution is -0.179. The van der Waals surface area contributed by atoms with E-state index in [0.717, 1.165) is 4.90 Å². The van der Waals surface area contributed by atoms with Crippen LogP contribution >= 0.6 is 0 Å². The summed E-state index contributed by atoms with van der Waals surface area (Å²) in [6.07, 6.45) is -0.343. The molecule has 108 valence electrons. The monoisotopic (exact) mass is 276 g/mol. The summed E-state index contributed by atoms with van der Waals surface area (Å²) in [5.41, 5.74) is 0. The molecule has 2 aliphatic heterocycles. The molecule has 5 nitrogen and oxygen atoms in total. The van der Waals surface area contributed by atoms with Crippen molar-refractivity contribution in [3.05, 3.63) is 0 Å². The van der Waals surface area contributed by atoms with Crippen molar-refractivity contribution in [2.24, 2.45) is 0 Å². The molecule has 1 N–H and O–H groups in total. The lowest BCUT2D eigenvalue weighted by Crippen LogP contribution is -2.57. The van der Waals surface area contributed by atoms with Gasteiger partial charge in [-0.15, -0.1) is 0 Å². The zero-order valence-electron chi connectivity index (χ0n) is 10.8. The highest BCUT2D eigenvalue weighted by molar-refractivity contribution is 5.90. The van der Waals surface area contributed by atoms with E-state index >= 15 is 0 Å². The van der Waals surface area contributed by atoms with Crippen molar-refractivity contribution >= 4 is 11.8 Å². The van der Waals surface area contributed by atoms with Gasteiger partial charge in [-0.1, -0.05) is 0 Å². The number of likely N-dealkylation sites (tertiary alicyclic amines) is 1. The minimum atomic E-state index is -3.04. The third-order valence-electron chi connectivity index (χ3n) is 3.51. The van der Waals surface area contributed by atoms with Gasteiger partial charge in [0.2, 0.25) is 11.8 Å². The number of halogens is 2. The van der Waals surface area contributed by atoms with Crippen LogP contribution in [0.25, 0.3) is 0 Å². The number of nitrogens with one attached hydrogen (secondary N) is 1. The Labute approximate surface area is 110 Å². The Balaban J connectivity index is 1.96. The van der Waals surface area contributed by atoms with Crippen LogP contribution in [0.1, 0.15) is 26.2 Å².